The van der Waals surface area contributed by atoms with Gasteiger partial charge in [-0.1, -0.05) is 24.3 Å². The molecule has 1 aromatic rings. The fourth-order valence-corrected chi connectivity index (χ4v) is 2.89. The lowest BCUT2D eigenvalue weighted by atomic mass is 9.86. The van der Waals surface area contributed by atoms with Crippen LogP contribution < -0.4 is 10.6 Å². The first-order valence-electron chi connectivity index (χ1n) is 8.02. The van der Waals surface area contributed by atoms with E-state index in [1.807, 2.05) is 18.2 Å². The van der Waals surface area contributed by atoms with E-state index in [1.54, 1.807) is 7.11 Å². The molecule has 0 fully saturated rings. The van der Waals surface area contributed by atoms with Gasteiger partial charge in [-0.05, 0) is 24.0 Å². The Bertz CT molecular complexity index is 578. The van der Waals surface area contributed by atoms with Crippen LogP contribution in [0.1, 0.15) is 24.0 Å². The Labute approximate surface area is 141 Å². The number of hydrogen-bond acceptors (Lipinski definition) is 4. The number of nitrogens with one attached hydrogen (secondary N) is 2. The van der Waals surface area contributed by atoms with E-state index in [2.05, 4.69) is 16.7 Å². The zero-order valence-electron chi connectivity index (χ0n) is 13.8. The number of urea groups is 1. The number of carboxylic acids is 1. The molecule has 7 heteroatoms. The molecule has 2 amide bonds. The standard InChI is InChI=1S/C17H24N2O5/c1-23-12-17(11-19-16(22)18-9-4-7-15(20)21)14-6-3-2-5-13(14)8-10-24-17/h2-3,5-6H,4,7-12H2,1H3,(H,20,21)(H2,18,19,22). The lowest BCUT2D eigenvalue weighted by Crippen LogP contribution is -2.50. The fraction of sp³-hybridized carbons (Fsp3) is 0.529. The van der Waals surface area contributed by atoms with Crippen LogP contribution in [0, 0.1) is 0 Å². The number of fused-ring (bicyclic) bond motifs is 1. The molecule has 1 aliphatic rings. The Hall–Kier alpha value is -2.12. The minimum atomic E-state index is -0.872. The monoisotopic (exact) mass is 336 g/mol. The summed E-state index contributed by atoms with van der Waals surface area (Å²) in [5.74, 6) is -0.872. The maximum atomic E-state index is 11.9. The Kier molecular flexibility index (Phi) is 6.57. The van der Waals surface area contributed by atoms with Gasteiger partial charge in [0.15, 0.2) is 0 Å². The third-order valence-corrected chi connectivity index (χ3v) is 4.02. The van der Waals surface area contributed by atoms with Crippen molar-refractivity contribution in [3.63, 3.8) is 0 Å². The van der Waals surface area contributed by atoms with Crippen molar-refractivity contribution < 1.29 is 24.2 Å². The van der Waals surface area contributed by atoms with E-state index in [0.717, 1.165) is 12.0 Å². The van der Waals surface area contributed by atoms with Crippen LogP contribution in [0.4, 0.5) is 4.79 Å². The van der Waals surface area contributed by atoms with Crippen molar-refractivity contribution in [1.82, 2.24) is 10.6 Å². The Morgan fingerprint density at radius 1 is 1.33 bits per heavy atom. The highest BCUT2D eigenvalue weighted by atomic mass is 16.5. The number of benzene rings is 1. The van der Waals surface area contributed by atoms with Crippen molar-refractivity contribution in [2.45, 2.75) is 24.9 Å². The van der Waals surface area contributed by atoms with Gasteiger partial charge in [0.2, 0.25) is 0 Å². The first-order valence-corrected chi connectivity index (χ1v) is 8.02. The van der Waals surface area contributed by atoms with Crippen LogP contribution in [0.5, 0.6) is 0 Å². The van der Waals surface area contributed by atoms with E-state index in [1.165, 1.54) is 5.56 Å². The first-order chi connectivity index (χ1) is 11.6. The highest BCUT2D eigenvalue weighted by molar-refractivity contribution is 5.74. The van der Waals surface area contributed by atoms with E-state index in [9.17, 15) is 9.59 Å². The van der Waals surface area contributed by atoms with Gasteiger partial charge in [0.1, 0.15) is 5.60 Å². The largest absolute Gasteiger partial charge is 0.481 e. The van der Waals surface area contributed by atoms with E-state index in [0.29, 0.717) is 26.2 Å². The van der Waals surface area contributed by atoms with Crippen LogP contribution >= 0.6 is 0 Å². The SMILES string of the molecule is COCC1(CNC(=O)NCCCC(=O)O)OCCc2ccccc21. The third kappa shape index (κ3) is 4.69. The molecule has 1 unspecified atom stereocenters. The third-order valence-electron chi connectivity index (χ3n) is 4.02. The van der Waals surface area contributed by atoms with E-state index < -0.39 is 11.6 Å². The van der Waals surface area contributed by atoms with Crippen molar-refractivity contribution in [2.75, 3.05) is 33.4 Å². The normalized spacial score (nSPS) is 19.4. The molecule has 0 radical (unpaired) electrons. The summed E-state index contributed by atoms with van der Waals surface area (Å²) in [5, 5.41) is 14.0. The number of rotatable bonds is 8. The number of carbonyl (C=O) groups is 2. The summed E-state index contributed by atoms with van der Waals surface area (Å²) in [6, 6.07) is 7.66. The van der Waals surface area contributed by atoms with Crippen LogP contribution in [-0.4, -0.2) is 50.5 Å². The average Bonchev–Trinajstić information content (AvgIpc) is 2.57. The molecule has 1 atom stereocenters. The molecule has 1 aliphatic heterocycles. The Morgan fingerprint density at radius 2 is 2.12 bits per heavy atom. The second-order valence-electron chi connectivity index (χ2n) is 5.79. The fourth-order valence-electron chi connectivity index (χ4n) is 2.89. The number of aliphatic carboxylic acids is 1. The zero-order chi connectivity index (χ0) is 17.4. The summed E-state index contributed by atoms with van der Waals surface area (Å²) in [5.41, 5.74) is 1.52. The predicted molar refractivity (Wildman–Crippen MR) is 87.9 cm³/mol. The summed E-state index contributed by atoms with van der Waals surface area (Å²) in [4.78, 5) is 22.4. The van der Waals surface area contributed by atoms with E-state index in [4.69, 9.17) is 14.6 Å². The van der Waals surface area contributed by atoms with Gasteiger partial charge in [0.25, 0.3) is 0 Å². The number of carboxylic acid groups (broad SMARTS) is 1. The lowest BCUT2D eigenvalue weighted by Gasteiger charge is -2.38. The number of amides is 2. The number of carbonyl (C=O) groups excluding carboxylic acids is 1. The number of methoxy groups -OCH3 is 1. The highest BCUT2D eigenvalue weighted by Crippen LogP contribution is 2.33. The molecule has 0 aliphatic carbocycles. The summed E-state index contributed by atoms with van der Waals surface area (Å²) >= 11 is 0. The van der Waals surface area contributed by atoms with Gasteiger partial charge in [0.05, 0.1) is 19.8 Å². The minimum Gasteiger partial charge on any atom is -0.481 e. The predicted octanol–water partition coefficient (Wildman–Crippen LogP) is 1.27. The lowest BCUT2D eigenvalue weighted by molar-refractivity contribution is -0.137. The molecule has 0 spiro atoms. The van der Waals surface area contributed by atoms with Gasteiger partial charge in [-0.15, -0.1) is 0 Å². The molecular formula is C17H24N2O5. The van der Waals surface area contributed by atoms with Gasteiger partial charge in [-0.25, -0.2) is 4.79 Å². The highest BCUT2D eigenvalue weighted by Gasteiger charge is 2.38. The molecule has 0 saturated heterocycles. The summed E-state index contributed by atoms with van der Waals surface area (Å²) in [6.07, 6.45) is 1.26. The molecule has 24 heavy (non-hydrogen) atoms. The molecule has 1 heterocycles. The quantitative estimate of drug-likeness (QED) is 0.621. The Morgan fingerprint density at radius 3 is 2.88 bits per heavy atom. The van der Waals surface area contributed by atoms with Crippen molar-refractivity contribution in [3.05, 3.63) is 35.4 Å². The molecular weight excluding hydrogens is 312 g/mol. The van der Waals surface area contributed by atoms with Crippen molar-refractivity contribution in [1.29, 1.82) is 0 Å². The van der Waals surface area contributed by atoms with E-state index >= 15 is 0 Å². The van der Waals surface area contributed by atoms with E-state index in [-0.39, 0.29) is 19.0 Å². The molecule has 0 saturated carbocycles. The molecule has 7 nitrogen and oxygen atoms in total. The molecule has 0 bridgehead atoms. The van der Waals surface area contributed by atoms with Gasteiger partial charge < -0.3 is 25.2 Å². The van der Waals surface area contributed by atoms with Gasteiger partial charge in [-0.2, -0.15) is 0 Å². The topological polar surface area (TPSA) is 96.9 Å². The average molecular weight is 336 g/mol. The van der Waals surface area contributed by atoms with Crippen LogP contribution in [0.25, 0.3) is 0 Å². The number of hydrogen-bond donors (Lipinski definition) is 3. The molecule has 132 valence electrons. The van der Waals surface area contributed by atoms with Gasteiger partial charge >= 0.3 is 12.0 Å². The zero-order valence-corrected chi connectivity index (χ0v) is 13.8. The first kappa shape index (κ1) is 18.2. The second kappa shape index (κ2) is 8.65. The summed E-state index contributed by atoms with van der Waals surface area (Å²) in [6.45, 7) is 1.50. The maximum Gasteiger partial charge on any atom is 0.314 e. The molecule has 3 N–H and O–H groups in total. The summed E-state index contributed by atoms with van der Waals surface area (Å²) in [7, 11) is 1.61. The minimum absolute atomic E-state index is 0.0321. The summed E-state index contributed by atoms with van der Waals surface area (Å²) < 4.78 is 11.3. The van der Waals surface area contributed by atoms with Crippen molar-refractivity contribution in [3.8, 4) is 0 Å². The molecule has 0 aromatic heterocycles. The van der Waals surface area contributed by atoms with Crippen molar-refractivity contribution in [2.24, 2.45) is 0 Å². The Balaban J connectivity index is 1.95. The van der Waals surface area contributed by atoms with Crippen molar-refractivity contribution >= 4 is 12.0 Å². The molecule has 2 rings (SSSR count). The van der Waals surface area contributed by atoms with Gasteiger partial charge in [-0.3, -0.25) is 4.79 Å². The van der Waals surface area contributed by atoms with Crippen LogP contribution in [-0.2, 0) is 26.3 Å². The van der Waals surface area contributed by atoms with Crippen LogP contribution in [0.15, 0.2) is 24.3 Å². The molecule has 1 aromatic carbocycles. The maximum absolute atomic E-state index is 11.9. The second-order valence-corrected chi connectivity index (χ2v) is 5.79. The van der Waals surface area contributed by atoms with Crippen LogP contribution in [0.3, 0.4) is 0 Å². The smallest absolute Gasteiger partial charge is 0.314 e. The number of ether oxygens (including phenoxy) is 2. The van der Waals surface area contributed by atoms with Crippen LogP contribution in [0.2, 0.25) is 0 Å². The van der Waals surface area contributed by atoms with Gasteiger partial charge in [0, 0.05) is 20.1 Å².